The summed E-state index contributed by atoms with van der Waals surface area (Å²) in [6.45, 7) is 4.82. The Kier molecular flexibility index (Phi) is 8.99. The van der Waals surface area contributed by atoms with E-state index in [1.54, 1.807) is 26.4 Å². The van der Waals surface area contributed by atoms with Crippen LogP contribution in [-0.2, 0) is 0 Å². The minimum atomic E-state index is -0.383. The fourth-order valence-corrected chi connectivity index (χ4v) is 3.85. The van der Waals surface area contributed by atoms with E-state index in [4.69, 9.17) is 18.6 Å². The Morgan fingerprint density at radius 2 is 1.64 bits per heavy atom. The molecule has 2 aromatic carbocycles. The van der Waals surface area contributed by atoms with Gasteiger partial charge in [-0.25, -0.2) is 4.79 Å². The van der Waals surface area contributed by atoms with E-state index in [0.717, 1.165) is 28.7 Å². The fourth-order valence-electron chi connectivity index (χ4n) is 3.85. The van der Waals surface area contributed by atoms with Gasteiger partial charge in [0.25, 0.3) is 0 Å². The summed E-state index contributed by atoms with van der Waals surface area (Å²) in [5.41, 5.74) is 2.34. The number of fused-ring (bicyclic) bond motifs is 1. The lowest BCUT2D eigenvalue weighted by Gasteiger charge is -2.09. The maximum Gasteiger partial charge on any atom is 0.343 e. The highest BCUT2D eigenvalue weighted by Gasteiger charge is 2.11. The van der Waals surface area contributed by atoms with Crippen LogP contribution in [0.25, 0.3) is 23.1 Å². The number of hydrogen-bond donors (Lipinski definition) is 0. The van der Waals surface area contributed by atoms with E-state index in [9.17, 15) is 4.79 Å². The first-order chi connectivity index (χ1) is 16.1. The van der Waals surface area contributed by atoms with Gasteiger partial charge in [-0.2, -0.15) is 0 Å². The third-order valence-electron chi connectivity index (χ3n) is 5.82. The zero-order valence-electron chi connectivity index (χ0n) is 20.1. The van der Waals surface area contributed by atoms with Crippen LogP contribution in [0.15, 0.2) is 45.6 Å². The van der Waals surface area contributed by atoms with Crippen molar-refractivity contribution in [1.29, 1.82) is 0 Å². The number of rotatable bonds is 12. The van der Waals surface area contributed by atoms with E-state index >= 15 is 0 Å². The Bertz CT molecular complexity index is 1140. The third kappa shape index (κ3) is 6.41. The van der Waals surface area contributed by atoms with Crippen LogP contribution in [0.3, 0.4) is 0 Å². The molecule has 0 saturated heterocycles. The van der Waals surface area contributed by atoms with Crippen LogP contribution in [0.5, 0.6) is 17.2 Å². The summed E-state index contributed by atoms with van der Waals surface area (Å²) in [5, 5.41) is 0.888. The highest BCUT2D eigenvalue weighted by molar-refractivity contribution is 5.86. The molecule has 0 saturated carbocycles. The monoisotopic (exact) mass is 450 g/mol. The van der Waals surface area contributed by atoms with Gasteiger partial charge in [-0.15, -0.1) is 0 Å². The first-order valence-corrected chi connectivity index (χ1v) is 11.7. The molecular formula is C28H34O5. The maximum absolute atomic E-state index is 12.7. The summed E-state index contributed by atoms with van der Waals surface area (Å²) in [4.78, 5) is 12.7. The first-order valence-electron chi connectivity index (χ1n) is 11.7. The van der Waals surface area contributed by atoms with Crippen molar-refractivity contribution in [3.8, 4) is 17.2 Å². The third-order valence-corrected chi connectivity index (χ3v) is 5.82. The van der Waals surface area contributed by atoms with Crippen LogP contribution in [-0.4, -0.2) is 20.8 Å². The summed E-state index contributed by atoms with van der Waals surface area (Å²) < 4.78 is 22.2. The van der Waals surface area contributed by atoms with Crippen molar-refractivity contribution in [2.45, 2.75) is 52.4 Å². The largest absolute Gasteiger partial charge is 0.497 e. The molecule has 0 bridgehead atoms. The van der Waals surface area contributed by atoms with E-state index in [0.29, 0.717) is 29.3 Å². The first kappa shape index (κ1) is 24.4. The van der Waals surface area contributed by atoms with Gasteiger partial charge in [0.05, 0.1) is 26.4 Å². The van der Waals surface area contributed by atoms with E-state index < -0.39 is 0 Å². The lowest BCUT2D eigenvalue weighted by atomic mass is 10.0. The van der Waals surface area contributed by atoms with Crippen LogP contribution >= 0.6 is 0 Å². The molecule has 33 heavy (non-hydrogen) atoms. The van der Waals surface area contributed by atoms with E-state index in [2.05, 4.69) is 6.92 Å². The highest BCUT2D eigenvalue weighted by atomic mass is 16.5. The van der Waals surface area contributed by atoms with Crippen LogP contribution < -0.4 is 19.8 Å². The molecule has 0 aliphatic carbocycles. The van der Waals surface area contributed by atoms with Crippen LogP contribution in [0.1, 0.15) is 62.1 Å². The Balaban J connectivity index is 1.76. The summed E-state index contributed by atoms with van der Waals surface area (Å²) >= 11 is 0. The molecule has 0 N–H and O–H groups in total. The van der Waals surface area contributed by atoms with Gasteiger partial charge < -0.3 is 18.6 Å². The molecule has 0 radical (unpaired) electrons. The Labute approximate surface area is 196 Å². The molecule has 5 heteroatoms. The SMILES string of the molecule is CCCCCCCCOc1ccc2c(C)c(/C=C/c3cc(OC)ccc3OC)c(=O)oc2c1. The second kappa shape index (κ2) is 12.1. The van der Waals surface area contributed by atoms with Crippen LogP contribution in [0.4, 0.5) is 0 Å². The van der Waals surface area contributed by atoms with Crippen molar-refractivity contribution in [1.82, 2.24) is 0 Å². The van der Waals surface area contributed by atoms with Crippen LogP contribution in [0.2, 0.25) is 0 Å². The highest BCUT2D eigenvalue weighted by Crippen LogP contribution is 2.28. The minimum absolute atomic E-state index is 0.383. The molecule has 0 spiro atoms. The molecule has 176 valence electrons. The van der Waals surface area contributed by atoms with E-state index in [-0.39, 0.29) is 5.63 Å². The van der Waals surface area contributed by atoms with Crippen molar-refractivity contribution < 1.29 is 18.6 Å². The molecule has 0 amide bonds. The summed E-state index contributed by atoms with van der Waals surface area (Å²) in [7, 11) is 3.23. The van der Waals surface area contributed by atoms with Gasteiger partial charge in [0.2, 0.25) is 0 Å². The van der Waals surface area contributed by atoms with Gasteiger partial charge in [0.1, 0.15) is 22.8 Å². The molecule has 3 aromatic rings. The number of ether oxygens (including phenoxy) is 3. The second-order valence-corrected chi connectivity index (χ2v) is 8.14. The summed E-state index contributed by atoms with van der Waals surface area (Å²) in [6.07, 6.45) is 10.9. The molecule has 1 heterocycles. The van der Waals surface area contributed by atoms with Crippen molar-refractivity contribution in [2.75, 3.05) is 20.8 Å². The molecule has 5 nitrogen and oxygen atoms in total. The zero-order valence-corrected chi connectivity index (χ0v) is 20.1. The summed E-state index contributed by atoms with van der Waals surface area (Å²) in [6, 6.07) is 11.2. The van der Waals surface area contributed by atoms with E-state index in [1.165, 1.54) is 32.1 Å². The molecule has 0 aliphatic rings. The standard InChI is InChI=1S/C28H34O5/c1-5-6-7-8-9-10-17-32-23-12-15-24-20(2)25(28(29)33-27(24)19-23)14-11-21-18-22(30-3)13-16-26(21)31-4/h11-16,18-19H,5-10,17H2,1-4H3/b14-11+. The van der Waals surface area contributed by atoms with E-state index in [1.807, 2.05) is 43.3 Å². The minimum Gasteiger partial charge on any atom is -0.497 e. The second-order valence-electron chi connectivity index (χ2n) is 8.14. The molecule has 0 aliphatic heterocycles. The quantitative estimate of drug-likeness (QED) is 0.219. The molecule has 0 atom stereocenters. The average molecular weight is 451 g/mol. The molecule has 3 rings (SSSR count). The van der Waals surface area contributed by atoms with Gasteiger partial charge in [-0.1, -0.05) is 45.1 Å². The lowest BCUT2D eigenvalue weighted by Crippen LogP contribution is -2.06. The maximum atomic E-state index is 12.7. The predicted molar refractivity (Wildman–Crippen MR) is 135 cm³/mol. The van der Waals surface area contributed by atoms with Gasteiger partial charge in [-0.3, -0.25) is 0 Å². The summed E-state index contributed by atoms with van der Waals surface area (Å²) in [5.74, 6) is 2.14. The number of aryl methyl sites for hydroxylation is 1. The Morgan fingerprint density at radius 1 is 0.879 bits per heavy atom. The molecular weight excluding hydrogens is 416 g/mol. The van der Waals surface area contributed by atoms with Crippen molar-refractivity contribution >= 4 is 23.1 Å². The number of methoxy groups -OCH3 is 2. The van der Waals surface area contributed by atoms with Crippen molar-refractivity contribution in [2.24, 2.45) is 0 Å². The lowest BCUT2D eigenvalue weighted by molar-refractivity contribution is 0.304. The predicted octanol–water partition coefficient (Wildman–Crippen LogP) is 7.03. The van der Waals surface area contributed by atoms with Gasteiger partial charge >= 0.3 is 5.63 Å². The topological polar surface area (TPSA) is 57.9 Å². The smallest absolute Gasteiger partial charge is 0.343 e. The zero-order chi connectivity index (χ0) is 23.6. The number of hydrogen-bond acceptors (Lipinski definition) is 5. The molecule has 1 aromatic heterocycles. The van der Waals surface area contributed by atoms with Crippen molar-refractivity contribution in [3.05, 3.63) is 63.5 Å². The average Bonchev–Trinajstić information content (AvgIpc) is 2.83. The molecule has 0 unspecified atom stereocenters. The van der Waals surface area contributed by atoms with Gasteiger partial charge in [-0.05, 0) is 55.3 Å². The Morgan fingerprint density at radius 3 is 2.39 bits per heavy atom. The van der Waals surface area contributed by atoms with Crippen molar-refractivity contribution in [3.63, 3.8) is 0 Å². The van der Waals surface area contributed by atoms with Gasteiger partial charge in [0.15, 0.2) is 0 Å². The number of unbranched alkanes of at least 4 members (excludes halogenated alkanes) is 5. The number of benzene rings is 2. The normalized spacial score (nSPS) is 11.3. The Hall–Kier alpha value is -3.21. The van der Waals surface area contributed by atoms with Crippen LogP contribution in [0, 0.1) is 6.92 Å². The van der Waals surface area contributed by atoms with Gasteiger partial charge in [0, 0.05) is 17.0 Å². The fraction of sp³-hybridized carbons (Fsp3) is 0.393. The molecule has 0 fully saturated rings.